The first-order valence-electron chi connectivity index (χ1n) is 15.0. The molecule has 0 aromatic carbocycles. The molecule has 0 amide bonds. The first-order valence-corrected chi connectivity index (χ1v) is 15.0. The van der Waals surface area contributed by atoms with Crippen LogP contribution in [0.1, 0.15) is 71.1 Å². The van der Waals surface area contributed by atoms with Gasteiger partial charge in [-0.2, -0.15) is 17.6 Å². The van der Waals surface area contributed by atoms with E-state index in [1.54, 1.807) is 6.92 Å². The minimum Gasteiger partial charge on any atom is -0.465 e. The fourth-order valence-electron chi connectivity index (χ4n) is 8.65. The standard InChI is InChI=1S/C29H42F4O6/c1-17-5-20-9-22(11-24(10-20)29(17)38-15-27(30,31)28(32,33)16-39-29)25(34)35-12-21-13-36-26(37-14-21)23-7-18-3-2-4-19(6-18)8-23/h17-24,26H,2-16H2,1H3/t17?,18?,19?,20?,21?,22-,23?,24?,26?/m1/s1. The molecule has 4 bridgehead atoms. The lowest BCUT2D eigenvalue weighted by Gasteiger charge is -2.52. The van der Waals surface area contributed by atoms with Crippen LogP contribution in [0.3, 0.4) is 0 Å². The van der Waals surface area contributed by atoms with Gasteiger partial charge in [0.2, 0.25) is 0 Å². The van der Waals surface area contributed by atoms with E-state index in [1.165, 1.54) is 38.5 Å². The van der Waals surface area contributed by atoms with Gasteiger partial charge in [-0.15, -0.1) is 0 Å². The Hall–Kier alpha value is -0.970. The average Bonchev–Trinajstić information content (AvgIpc) is 3.00. The zero-order valence-electron chi connectivity index (χ0n) is 22.8. The molecule has 0 aromatic rings. The molecule has 0 N–H and O–H groups in total. The number of rotatable bonds is 4. The van der Waals surface area contributed by atoms with Crippen LogP contribution in [-0.2, 0) is 28.5 Å². The van der Waals surface area contributed by atoms with Crippen LogP contribution in [0.5, 0.6) is 0 Å². The maximum Gasteiger partial charge on any atom is 0.335 e. The van der Waals surface area contributed by atoms with Crippen LogP contribution in [-0.4, -0.2) is 62.9 Å². The number of fused-ring (bicyclic) bond motifs is 5. The van der Waals surface area contributed by atoms with Crippen LogP contribution in [0.25, 0.3) is 0 Å². The lowest BCUT2D eigenvalue weighted by atomic mass is 9.61. The van der Waals surface area contributed by atoms with Crippen LogP contribution in [0.4, 0.5) is 17.6 Å². The minimum atomic E-state index is -4.31. The Kier molecular flexibility index (Phi) is 7.73. The molecule has 39 heavy (non-hydrogen) atoms. The van der Waals surface area contributed by atoms with Crippen LogP contribution in [0.2, 0.25) is 0 Å². The quantitative estimate of drug-likeness (QED) is 0.318. The molecule has 6 atom stereocenters. The second-order valence-corrected chi connectivity index (χ2v) is 13.5. The fourth-order valence-corrected chi connectivity index (χ4v) is 8.65. The summed E-state index contributed by atoms with van der Waals surface area (Å²) in [6.45, 7) is 0.182. The topological polar surface area (TPSA) is 63.2 Å². The third-order valence-corrected chi connectivity index (χ3v) is 10.6. The van der Waals surface area contributed by atoms with Crippen molar-refractivity contribution in [2.75, 3.05) is 33.0 Å². The van der Waals surface area contributed by atoms with Crippen LogP contribution >= 0.6 is 0 Å². The molecule has 2 heterocycles. The molecule has 2 aliphatic heterocycles. The van der Waals surface area contributed by atoms with Gasteiger partial charge in [-0.05, 0) is 62.7 Å². The molecule has 222 valence electrons. The number of esters is 1. The monoisotopic (exact) mass is 562 g/mol. The van der Waals surface area contributed by atoms with Gasteiger partial charge in [0.15, 0.2) is 12.1 Å². The Morgan fingerprint density at radius 2 is 1.46 bits per heavy atom. The van der Waals surface area contributed by atoms with Crippen molar-refractivity contribution >= 4 is 5.97 Å². The summed E-state index contributed by atoms with van der Waals surface area (Å²) in [4.78, 5) is 13.1. The molecular formula is C29H42F4O6. The Morgan fingerprint density at radius 3 is 2.10 bits per heavy atom. The van der Waals surface area contributed by atoms with Crippen molar-refractivity contribution in [2.24, 2.45) is 47.3 Å². The number of carbonyl (C=O) groups is 1. The number of halogens is 4. The zero-order chi connectivity index (χ0) is 27.4. The summed E-state index contributed by atoms with van der Waals surface area (Å²) in [6, 6.07) is 0. The molecule has 10 heteroatoms. The molecule has 6 aliphatic rings. The molecule has 0 aromatic heterocycles. The highest BCUT2D eigenvalue weighted by molar-refractivity contribution is 5.72. The molecule has 6 rings (SSSR count). The molecular weight excluding hydrogens is 520 g/mol. The number of carbonyl (C=O) groups excluding carboxylic acids is 1. The molecule has 4 aliphatic carbocycles. The lowest BCUT2D eigenvalue weighted by molar-refractivity contribution is -0.315. The van der Waals surface area contributed by atoms with Crippen LogP contribution in [0, 0.1) is 47.3 Å². The van der Waals surface area contributed by atoms with Gasteiger partial charge >= 0.3 is 17.8 Å². The third-order valence-electron chi connectivity index (χ3n) is 10.6. The van der Waals surface area contributed by atoms with E-state index in [4.69, 9.17) is 23.7 Å². The van der Waals surface area contributed by atoms with Crippen LogP contribution in [0.15, 0.2) is 0 Å². The summed E-state index contributed by atoms with van der Waals surface area (Å²) in [7, 11) is 0. The third kappa shape index (κ3) is 5.48. The van der Waals surface area contributed by atoms with E-state index in [1.807, 2.05) is 0 Å². The normalized spacial score (nSPS) is 44.8. The molecule has 2 saturated heterocycles. The summed E-state index contributed by atoms with van der Waals surface area (Å²) in [5, 5.41) is 0. The van der Waals surface area contributed by atoms with Crippen molar-refractivity contribution in [2.45, 2.75) is 95.1 Å². The first kappa shape index (κ1) is 28.2. The number of ether oxygens (including phenoxy) is 5. The van der Waals surface area contributed by atoms with Gasteiger partial charge in [0.1, 0.15) is 13.2 Å². The van der Waals surface area contributed by atoms with Gasteiger partial charge in [0.25, 0.3) is 0 Å². The molecule has 5 unspecified atom stereocenters. The van der Waals surface area contributed by atoms with Gasteiger partial charge in [0.05, 0.1) is 25.7 Å². The van der Waals surface area contributed by atoms with E-state index in [2.05, 4.69) is 0 Å². The Morgan fingerprint density at radius 1 is 0.821 bits per heavy atom. The summed E-state index contributed by atoms with van der Waals surface area (Å²) in [5.41, 5.74) is 0. The van der Waals surface area contributed by atoms with Crippen molar-refractivity contribution in [3.63, 3.8) is 0 Å². The van der Waals surface area contributed by atoms with E-state index >= 15 is 0 Å². The second kappa shape index (κ2) is 10.7. The Labute approximate surface area is 227 Å². The SMILES string of the molecule is CC1CC2CC(C[C@H](C(=O)OCC3COC(C4CC5CCCC(C5)C4)OC3)C2)C12OCC(F)(F)C(F)(F)CO2. The maximum absolute atomic E-state index is 14.0. The van der Waals surface area contributed by atoms with E-state index < -0.39 is 42.7 Å². The molecule has 1 spiro atoms. The van der Waals surface area contributed by atoms with Gasteiger partial charge in [-0.1, -0.05) is 26.2 Å². The van der Waals surface area contributed by atoms with E-state index in [-0.39, 0.29) is 36.6 Å². The Bertz CT molecular complexity index is 861. The largest absolute Gasteiger partial charge is 0.465 e. The number of alkyl halides is 4. The van der Waals surface area contributed by atoms with E-state index in [0.717, 1.165) is 11.8 Å². The van der Waals surface area contributed by atoms with Crippen molar-refractivity contribution in [1.82, 2.24) is 0 Å². The predicted molar refractivity (Wildman–Crippen MR) is 131 cm³/mol. The van der Waals surface area contributed by atoms with Crippen molar-refractivity contribution in [3.8, 4) is 0 Å². The minimum absolute atomic E-state index is 0.0410. The summed E-state index contributed by atoms with van der Waals surface area (Å²) in [5.74, 6) is -9.56. The molecule has 6 fully saturated rings. The van der Waals surface area contributed by atoms with E-state index in [9.17, 15) is 22.4 Å². The van der Waals surface area contributed by atoms with Crippen molar-refractivity contribution in [3.05, 3.63) is 0 Å². The highest BCUT2D eigenvalue weighted by Gasteiger charge is 2.64. The van der Waals surface area contributed by atoms with Crippen LogP contribution < -0.4 is 0 Å². The van der Waals surface area contributed by atoms with Crippen molar-refractivity contribution < 1.29 is 46.0 Å². The lowest BCUT2D eigenvalue weighted by Crippen LogP contribution is -2.56. The predicted octanol–water partition coefficient (Wildman–Crippen LogP) is 5.82. The van der Waals surface area contributed by atoms with Gasteiger partial charge in [0, 0.05) is 23.7 Å². The highest BCUT2D eigenvalue weighted by atomic mass is 19.3. The van der Waals surface area contributed by atoms with E-state index in [0.29, 0.717) is 44.8 Å². The van der Waals surface area contributed by atoms with Crippen molar-refractivity contribution in [1.29, 1.82) is 0 Å². The molecule has 6 nitrogen and oxygen atoms in total. The highest BCUT2D eigenvalue weighted by Crippen LogP contribution is 2.55. The fraction of sp³-hybridized carbons (Fsp3) is 0.966. The van der Waals surface area contributed by atoms with Gasteiger partial charge < -0.3 is 23.7 Å². The summed E-state index contributed by atoms with van der Waals surface area (Å²) < 4.78 is 85.1. The molecule has 0 radical (unpaired) electrons. The molecule has 4 saturated carbocycles. The van der Waals surface area contributed by atoms with Gasteiger partial charge in [-0.25, -0.2) is 0 Å². The van der Waals surface area contributed by atoms with Gasteiger partial charge in [-0.3, -0.25) is 4.79 Å². The Balaban J connectivity index is 1.01. The first-order chi connectivity index (χ1) is 18.5. The number of hydrogen-bond donors (Lipinski definition) is 0. The second-order valence-electron chi connectivity index (χ2n) is 13.5. The summed E-state index contributed by atoms with van der Waals surface area (Å²) in [6.07, 6.45) is 9.60. The zero-order valence-corrected chi connectivity index (χ0v) is 22.8. The summed E-state index contributed by atoms with van der Waals surface area (Å²) >= 11 is 0. The smallest absolute Gasteiger partial charge is 0.335 e. The maximum atomic E-state index is 14.0. The number of hydrogen-bond acceptors (Lipinski definition) is 6. The average molecular weight is 563 g/mol.